The van der Waals surface area contributed by atoms with E-state index in [2.05, 4.69) is 10.4 Å². The molecule has 6 nitrogen and oxygen atoms in total. The van der Waals surface area contributed by atoms with E-state index < -0.39 is 36.6 Å². The number of carbonyl (C=O) groups excluding carboxylic acids is 2. The second-order valence-corrected chi connectivity index (χ2v) is 5.77. The van der Waals surface area contributed by atoms with Crippen LogP contribution < -0.4 is 5.32 Å². The molecule has 0 aliphatic carbocycles. The number of hydrogen-bond donors (Lipinski definition) is 1. The summed E-state index contributed by atoms with van der Waals surface area (Å²) in [5.41, 5.74) is 1.55. The number of alkyl halides is 3. The smallest absolute Gasteiger partial charge is 0.342 e. The minimum atomic E-state index is -4.44. The van der Waals surface area contributed by atoms with E-state index in [1.165, 1.54) is 4.68 Å². The van der Waals surface area contributed by atoms with Gasteiger partial charge < -0.3 is 10.2 Å². The van der Waals surface area contributed by atoms with Crippen molar-refractivity contribution in [2.75, 3.05) is 13.1 Å². The fraction of sp³-hybridized carbons (Fsp3) is 0.643. The minimum Gasteiger partial charge on any atom is -0.342 e. The van der Waals surface area contributed by atoms with Crippen LogP contribution >= 0.6 is 0 Å². The summed E-state index contributed by atoms with van der Waals surface area (Å²) in [5.74, 6) is -1.14. The van der Waals surface area contributed by atoms with Crippen molar-refractivity contribution in [2.45, 2.75) is 45.5 Å². The molecule has 0 unspecified atom stereocenters. The fourth-order valence-corrected chi connectivity index (χ4v) is 2.69. The zero-order valence-electron chi connectivity index (χ0n) is 13.1. The van der Waals surface area contributed by atoms with Gasteiger partial charge in [-0.3, -0.25) is 14.3 Å². The van der Waals surface area contributed by atoms with E-state index in [9.17, 15) is 22.8 Å². The first-order valence-corrected chi connectivity index (χ1v) is 7.27. The first-order chi connectivity index (χ1) is 10.6. The summed E-state index contributed by atoms with van der Waals surface area (Å²) in [6.07, 6.45) is -4.27. The van der Waals surface area contributed by atoms with E-state index in [4.69, 9.17) is 0 Å². The number of aryl methyl sites for hydroxylation is 2. The summed E-state index contributed by atoms with van der Waals surface area (Å²) in [5, 5.41) is 6.72. The second-order valence-electron chi connectivity index (χ2n) is 5.77. The number of carbonyl (C=O) groups is 2. The van der Waals surface area contributed by atoms with Gasteiger partial charge in [0, 0.05) is 12.2 Å². The van der Waals surface area contributed by atoms with Crippen LogP contribution in [0.25, 0.3) is 0 Å². The van der Waals surface area contributed by atoms with Crippen LogP contribution in [0.1, 0.15) is 30.8 Å². The highest BCUT2D eigenvalue weighted by molar-refractivity contribution is 5.90. The van der Waals surface area contributed by atoms with Crippen molar-refractivity contribution >= 4 is 11.8 Å². The number of nitrogens with zero attached hydrogens (tertiary/aromatic N) is 3. The summed E-state index contributed by atoms with van der Waals surface area (Å²) in [6.45, 7) is 3.92. The van der Waals surface area contributed by atoms with Crippen LogP contribution in [0.15, 0.2) is 6.07 Å². The van der Waals surface area contributed by atoms with E-state index in [-0.39, 0.29) is 13.0 Å². The molecule has 2 atom stereocenters. The van der Waals surface area contributed by atoms with Gasteiger partial charge in [-0.25, -0.2) is 0 Å². The molecule has 1 N–H and O–H groups in total. The monoisotopic (exact) mass is 332 g/mol. The molecule has 0 aromatic carbocycles. The Morgan fingerprint density at radius 2 is 2.13 bits per heavy atom. The van der Waals surface area contributed by atoms with Gasteiger partial charge in [0.15, 0.2) is 0 Å². The number of nitrogens with one attached hydrogen (secondary N) is 1. The van der Waals surface area contributed by atoms with Gasteiger partial charge in [-0.1, -0.05) is 0 Å². The highest BCUT2D eigenvalue weighted by Gasteiger charge is 2.40. The lowest BCUT2D eigenvalue weighted by molar-refractivity contribution is -0.158. The average molecular weight is 332 g/mol. The Labute approximate surface area is 131 Å². The number of hydrogen-bond acceptors (Lipinski definition) is 3. The van der Waals surface area contributed by atoms with Crippen molar-refractivity contribution in [3.63, 3.8) is 0 Å². The van der Waals surface area contributed by atoms with Gasteiger partial charge in [0.2, 0.25) is 11.8 Å². The third-order valence-corrected chi connectivity index (χ3v) is 3.78. The van der Waals surface area contributed by atoms with Crippen molar-refractivity contribution in [3.05, 3.63) is 17.5 Å². The Bertz CT molecular complexity index is 612. The van der Waals surface area contributed by atoms with Crippen molar-refractivity contribution in [1.29, 1.82) is 0 Å². The van der Waals surface area contributed by atoms with E-state index in [0.717, 1.165) is 16.3 Å². The molecule has 1 fully saturated rings. The average Bonchev–Trinajstić information content (AvgIpc) is 2.92. The number of rotatable bonds is 4. The predicted molar refractivity (Wildman–Crippen MR) is 75.6 cm³/mol. The highest BCUT2D eigenvalue weighted by Crippen LogP contribution is 2.21. The largest absolute Gasteiger partial charge is 0.406 e. The molecule has 2 heterocycles. The van der Waals surface area contributed by atoms with Crippen molar-refractivity contribution in [2.24, 2.45) is 0 Å². The molecule has 1 aromatic rings. The molecule has 0 bridgehead atoms. The van der Waals surface area contributed by atoms with Crippen LogP contribution in [-0.2, 0) is 9.59 Å². The molecule has 1 aliphatic rings. The van der Waals surface area contributed by atoms with Gasteiger partial charge in [-0.2, -0.15) is 18.3 Å². The van der Waals surface area contributed by atoms with Crippen LogP contribution in [0.4, 0.5) is 13.2 Å². The standard InChI is InChI=1S/C14H19F3N4O2/c1-8-6-9(2)21(19-8)10(3)12(22)18-11-4-5-20(13(11)23)7-14(15,16)17/h6,10-11H,4-5,7H2,1-3H3,(H,18,22)/t10-,11-/m1/s1. The normalized spacial score (nSPS) is 20.0. The molecule has 9 heteroatoms. The Kier molecular flexibility index (Phi) is 4.67. The molecule has 0 spiro atoms. The second kappa shape index (κ2) is 6.21. The molecule has 1 aromatic heterocycles. The van der Waals surface area contributed by atoms with Gasteiger partial charge in [0.1, 0.15) is 18.6 Å². The van der Waals surface area contributed by atoms with Crippen molar-refractivity contribution in [1.82, 2.24) is 20.0 Å². The maximum Gasteiger partial charge on any atom is 0.406 e. The first kappa shape index (κ1) is 17.3. The molecule has 1 aliphatic heterocycles. The van der Waals surface area contributed by atoms with Gasteiger partial charge >= 0.3 is 6.18 Å². The third-order valence-electron chi connectivity index (χ3n) is 3.78. The zero-order valence-corrected chi connectivity index (χ0v) is 13.1. The minimum absolute atomic E-state index is 0.0163. The molecule has 0 saturated carbocycles. The molecule has 0 radical (unpaired) electrons. The van der Waals surface area contributed by atoms with Gasteiger partial charge in [-0.15, -0.1) is 0 Å². The van der Waals surface area contributed by atoms with Crippen LogP contribution in [0.2, 0.25) is 0 Å². The van der Waals surface area contributed by atoms with Gasteiger partial charge in [-0.05, 0) is 33.3 Å². The number of aromatic nitrogens is 2. The third kappa shape index (κ3) is 4.02. The fourth-order valence-electron chi connectivity index (χ4n) is 2.69. The summed E-state index contributed by atoms with van der Waals surface area (Å²) < 4.78 is 38.6. The Hall–Kier alpha value is -2.06. The van der Waals surface area contributed by atoms with Crippen molar-refractivity contribution in [3.8, 4) is 0 Å². The summed E-state index contributed by atoms with van der Waals surface area (Å²) >= 11 is 0. The molecular formula is C14H19F3N4O2. The Balaban J connectivity index is 1.98. The molecule has 128 valence electrons. The Morgan fingerprint density at radius 3 is 2.65 bits per heavy atom. The molecule has 1 saturated heterocycles. The van der Waals surface area contributed by atoms with Gasteiger partial charge in [0.05, 0.1) is 5.69 Å². The van der Waals surface area contributed by atoms with Crippen LogP contribution in [-0.4, -0.2) is 51.8 Å². The quantitative estimate of drug-likeness (QED) is 0.905. The van der Waals surface area contributed by atoms with Crippen LogP contribution in [0, 0.1) is 13.8 Å². The van der Waals surface area contributed by atoms with E-state index in [1.807, 2.05) is 6.07 Å². The topological polar surface area (TPSA) is 67.2 Å². The molecule has 2 amide bonds. The van der Waals surface area contributed by atoms with E-state index in [0.29, 0.717) is 0 Å². The zero-order chi connectivity index (χ0) is 17.4. The lowest BCUT2D eigenvalue weighted by Crippen LogP contribution is -2.45. The number of amides is 2. The van der Waals surface area contributed by atoms with Crippen LogP contribution in [0.3, 0.4) is 0 Å². The molecule has 23 heavy (non-hydrogen) atoms. The first-order valence-electron chi connectivity index (χ1n) is 7.27. The lowest BCUT2D eigenvalue weighted by atomic mass is 10.2. The highest BCUT2D eigenvalue weighted by atomic mass is 19.4. The molecule has 2 rings (SSSR count). The summed E-state index contributed by atoms with van der Waals surface area (Å²) in [7, 11) is 0. The summed E-state index contributed by atoms with van der Waals surface area (Å²) in [4.78, 5) is 24.9. The maximum atomic E-state index is 12.4. The lowest BCUT2D eigenvalue weighted by Gasteiger charge is -2.20. The van der Waals surface area contributed by atoms with E-state index >= 15 is 0 Å². The Morgan fingerprint density at radius 1 is 1.48 bits per heavy atom. The van der Waals surface area contributed by atoms with Gasteiger partial charge in [0.25, 0.3) is 0 Å². The number of likely N-dealkylation sites (tertiary alicyclic amines) is 1. The van der Waals surface area contributed by atoms with E-state index in [1.54, 1.807) is 20.8 Å². The predicted octanol–water partition coefficient (Wildman–Crippen LogP) is 1.34. The SMILES string of the molecule is Cc1cc(C)n([C@H](C)C(=O)N[C@@H]2CCN(CC(F)(F)F)C2=O)n1. The molecular weight excluding hydrogens is 313 g/mol. The number of halogens is 3. The van der Waals surface area contributed by atoms with Crippen molar-refractivity contribution < 1.29 is 22.8 Å². The maximum absolute atomic E-state index is 12.4. The van der Waals surface area contributed by atoms with Crippen LogP contribution in [0.5, 0.6) is 0 Å². The summed E-state index contributed by atoms with van der Waals surface area (Å²) in [6, 6.07) is 0.257.